The second kappa shape index (κ2) is 8.93. The molecule has 1 saturated heterocycles. The van der Waals surface area contributed by atoms with Gasteiger partial charge in [0.15, 0.2) is 0 Å². The molecule has 1 amide bonds. The highest BCUT2D eigenvalue weighted by Gasteiger charge is 2.17. The number of halogens is 3. The zero-order valence-electron chi connectivity index (χ0n) is 15.4. The van der Waals surface area contributed by atoms with Crippen LogP contribution in [0.15, 0.2) is 42.5 Å². The van der Waals surface area contributed by atoms with E-state index in [4.69, 9.17) is 4.74 Å². The number of hydrogen-bond donors (Lipinski definition) is 1. The van der Waals surface area contributed by atoms with Gasteiger partial charge in [0, 0.05) is 24.7 Å². The van der Waals surface area contributed by atoms with E-state index in [2.05, 4.69) is 5.32 Å². The summed E-state index contributed by atoms with van der Waals surface area (Å²) in [6.07, 6.45) is 2.35. The van der Waals surface area contributed by atoms with E-state index < -0.39 is 23.6 Å². The number of hydrogen-bond acceptors (Lipinski definition) is 3. The van der Waals surface area contributed by atoms with Crippen molar-refractivity contribution in [2.45, 2.75) is 13.0 Å². The number of anilines is 1. The van der Waals surface area contributed by atoms with Gasteiger partial charge in [0.2, 0.25) is 5.91 Å². The van der Waals surface area contributed by atoms with Crippen molar-refractivity contribution in [1.82, 2.24) is 5.32 Å². The van der Waals surface area contributed by atoms with Crippen molar-refractivity contribution in [3.8, 4) is 0 Å². The minimum absolute atomic E-state index is 0.0146. The molecule has 0 aromatic heterocycles. The minimum Gasteiger partial charge on any atom is -0.378 e. The Kier molecular flexibility index (Phi) is 6.36. The molecule has 3 rings (SSSR count). The third kappa shape index (κ3) is 4.92. The summed E-state index contributed by atoms with van der Waals surface area (Å²) in [5, 5.41) is 2.74. The molecular weight excluding hydrogens is 369 g/mol. The number of ether oxygens (including phenoxy) is 1. The lowest BCUT2D eigenvalue weighted by Gasteiger charge is -2.29. The Morgan fingerprint density at radius 3 is 2.57 bits per heavy atom. The lowest BCUT2D eigenvalue weighted by Crippen LogP contribution is -2.37. The maximum Gasteiger partial charge on any atom is 0.244 e. The number of morpholine rings is 1. The largest absolute Gasteiger partial charge is 0.378 e. The van der Waals surface area contributed by atoms with E-state index in [1.54, 1.807) is 19.1 Å². The fourth-order valence-electron chi connectivity index (χ4n) is 3.00. The first kappa shape index (κ1) is 19.9. The number of nitrogens with zero attached hydrogens (tertiary/aromatic N) is 1. The van der Waals surface area contributed by atoms with Gasteiger partial charge in [-0.1, -0.05) is 6.07 Å². The average molecular weight is 390 g/mol. The van der Waals surface area contributed by atoms with E-state index in [0.717, 1.165) is 29.8 Å². The molecule has 0 radical (unpaired) electrons. The molecule has 0 bridgehead atoms. The number of benzene rings is 2. The fourth-order valence-corrected chi connectivity index (χ4v) is 3.00. The summed E-state index contributed by atoms with van der Waals surface area (Å²) >= 11 is 0. The van der Waals surface area contributed by atoms with Crippen molar-refractivity contribution in [3.05, 3.63) is 71.1 Å². The number of rotatable bonds is 5. The van der Waals surface area contributed by atoms with Crippen LogP contribution in [0.3, 0.4) is 0 Å². The molecule has 7 heteroatoms. The van der Waals surface area contributed by atoms with Crippen LogP contribution in [0, 0.1) is 17.5 Å². The Bertz CT molecular complexity index is 880. The van der Waals surface area contributed by atoms with Gasteiger partial charge in [0.25, 0.3) is 0 Å². The molecule has 0 spiro atoms. The summed E-state index contributed by atoms with van der Waals surface area (Å²) < 4.78 is 46.3. The maximum atomic E-state index is 14.2. The van der Waals surface area contributed by atoms with Crippen LogP contribution < -0.4 is 10.2 Å². The van der Waals surface area contributed by atoms with Crippen molar-refractivity contribution in [1.29, 1.82) is 0 Å². The highest BCUT2D eigenvalue weighted by atomic mass is 19.1. The topological polar surface area (TPSA) is 41.6 Å². The molecule has 28 heavy (non-hydrogen) atoms. The second-order valence-electron chi connectivity index (χ2n) is 6.54. The summed E-state index contributed by atoms with van der Waals surface area (Å²) in [4.78, 5) is 14.0. The van der Waals surface area contributed by atoms with E-state index in [1.165, 1.54) is 12.1 Å². The van der Waals surface area contributed by atoms with Gasteiger partial charge in [-0.05, 0) is 48.9 Å². The summed E-state index contributed by atoms with van der Waals surface area (Å²) in [5.41, 5.74) is 1.19. The normalized spacial score (nSPS) is 15.6. The average Bonchev–Trinajstić information content (AvgIpc) is 2.69. The van der Waals surface area contributed by atoms with E-state index in [9.17, 15) is 18.0 Å². The molecule has 0 saturated carbocycles. The summed E-state index contributed by atoms with van der Waals surface area (Å²) in [5.74, 6) is -2.00. The Balaban J connectivity index is 1.68. The van der Waals surface area contributed by atoms with Crippen LogP contribution >= 0.6 is 0 Å². The third-order valence-corrected chi connectivity index (χ3v) is 4.55. The quantitative estimate of drug-likeness (QED) is 0.789. The highest BCUT2D eigenvalue weighted by Crippen LogP contribution is 2.25. The number of nitrogens with one attached hydrogen (secondary N) is 1. The van der Waals surface area contributed by atoms with E-state index in [0.29, 0.717) is 32.0 Å². The van der Waals surface area contributed by atoms with Crippen molar-refractivity contribution >= 4 is 17.7 Å². The third-order valence-electron chi connectivity index (χ3n) is 4.55. The lowest BCUT2D eigenvalue weighted by atomic mass is 10.1. The van der Waals surface area contributed by atoms with E-state index in [-0.39, 0.29) is 11.4 Å². The Morgan fingerprint density at radius 1 is 1.11 bits per heavy atom. The molecule has 1 aliphatic rings. The molecule has 2 aromatic rings. The number of carbonyl (C=O) groups is 1. The molecular formula is C21H21F3N2O2. The first-order chi connectivity index (χ1) is 13.4. The second-order valence-corrected chi connectivity index (χ2v) is 6.54. The monoisotopic (exact) mass is 390 g/mol. The van der Waals surface area contributed by atoms with Crippen LogP contribution in [0.5, 0.6) is 0 Å². The van der Waals surface area contributed by atoms with E-state index in [1.807, 2.05) is 4.90 Å². The summed E-state index contributed by atoms with van der Waals surface area (Å²) in [6.45, 7) is 4.05. The van der Waals surface area contributed by atoms with Gasteiger partial charge >= 0.3 is 0 Å². The highest BCUT2D eigenvalue weighted by molar-refractivity contribution is 5.92. The van der Waals surface area contributed by atoms with Gasteiger partial charge in [0.1, 0.15) is 17.5 Å². The van der Waals surface area contributed by atoms with Crippen molar-refractivity contribution in [2.75, 3.05) is 31.2 Å². The predicted molar refractivity (Wildman–Crippen MR) is 101 cm³/mol. The van der Waals surface area contributed by atoms with Gasteiger partial charge in [-0.3, -0.25) is 4.79 Å². The Labute approximate surface area is 161 Å². The Hall–Kier alpha value is -2.80. The van der Waals surface area contributed by atoms with Crippen molar-refractivity contribution < 1.29 is 22.7 Å². The summed E-state index contributed by atoms with van der Waals surface area (Å²) in [7, 11) is 0. The summed E-state index contributed by atoms with van der Waals surface area (Å²) in [6, 6.07) is 7.32. The maximum absolute atomic E-state index is 14.2. The van der Waals surface area contributed by atoms with Crippen LogP contribution in [0.4, 0.5) is 18.9 Å². The first-order valence-corrected chi connectivity index (χ1v) is 9.00. The zero-order chi connectivity index (χ0) is 20.1. The molecule has 1 unspecified atom stereocenters. The van der Waals surface area contributed by atoms with Gasteiger partial charge in [-0.2, -0.15) is 0 Å². The van der Waals surface area contributed by atoms with Crippen LogP contribution in [-0.2, 0) is 9.53 Å². The molecule has 1 heterocycles. The predicted octanol–water partition coefficient (Wildman–Crippen LogP) is 3.83. The Morgan fingerprint density at radius 2 is 1.82 bits per heavy atom. The molecule has 1 N–H and O–H groups in total. The number of amides is 1. The van der Waals surface area contributed by atoms with Crippen LogP contribution in [-0.4, -0.2) is 32.2 Å². The smallest absolute Gasteiger partial charge is 0.244 e. The molecule has 1 fully saturated rings. The number of carbonyl (C=O) groups excluding carboxylic acids is 1. The van der Waals surface area contributed by atoms with Gasteiger partial charge < -0.3 is 15.0 Å². The van der Waals surface area contributed by atoms with Gasteiger partial charge in [0.05, 0.1) is 24.9 Å². The molecule has 1 aliphatic heterocycles. The van der Waals surface area contributed by atoms with Crippen LogP contribution in [0.25, 0.3) is 6.08 Å². The zero-order valence-corrected chi connectivity index (χ0v) is 15.4. The molecule has 0 aliphatic carbocycles. The first-order valence-electron chi connectivity index (χ1n) is 9.00. The van der Waals surface area contributed by atoms with Gasteiger partial charge in [-0.25, -0.2) is 13.2 Å². The van der Waals surface area contributed by atoms with E-state index >= 15 is 0 Å². The van der Waals surface area contributed by atoms with Gasteiger partial charge in [-0.15, -0.1) is 0 Å². The van der Waals surface area contributed by atoms with Crippen molar-refractivity contribution in [3.63, 3.8) is 0 Å². The fraction of sp³-hybridized carbons (Fsp3) is 0.286. The standard InChI is InChI=1S/C21H21F3N2O2/c1-14(25-21(27)7-3-16-12-17(22)4-6-18(16)23)15-2-5-19(24)20(13-15)26-8-10-28-11-9-26/h2-7,12-14H,8-11H2,1H3,(H,25,27). The minimum atomic E-state index is -0.618. The SMILES string of the molecule is CC(NC(=O)C=Cc1cc(F)ccc1F)c1ccc(F)c(N2CCOCC2)c1. The van der Waals surface area contributed by atoms with Crippen LogP contribution in [0.2, 0.25) is 0 Å². The lowest BCUT2D eigenvalue weighted by molar-refractivity contribution is -0.117. The molecule has 2 aromatic carbocycles. The molecule has 1 atom stereocenters. The van der Waals surface area contributed by atoms with Crippen molar-refractivity contribution in [2.24, 2.45) is 0 Å². The van der Waals surface area contributed by atoms with Crippen LogP contribution in [0.1, 0.15) is 24.1 Å². The molecule has 148 valence electrons. The molecule has 4 nitrogen and oxygen atoms in total.